The van der Waals surface area contributed by atoms with Gasteiger partial charge in [-0.15, -0.1) is 0 Å². The van der Waals surface area contributed by atoms with Crippen molar-refractivity contribution < 1.29 is 4.79 Å². The van der Waals surface area contributed by atoms with Gasteiger partial charge < -0.3 is 5.32 Å². The molecule has 2 rings (SSSR count). The minimum atomic E-state index is -0.00143. The largest absolute Gasteiger partial charge is 0.350 e. The highest BCUT2D eigenvalue weighted by Gasteiger charge is 2.31. The zero-order valence-electron chi connectivity index (χ0n) is 11.4. The Bertz CT molecular complexity index is 493. The van der Waals surface area contributed by atoms with Crippen LogP contribution in [0.5, 0.6) is 0 Å². The van der Waals surface area contributed by atoms with Gasteiger partial charge in [-0.05, 0) is 42.4 Å². The van der Waals surface area contributed by atoms with Crippen LogP contribution in [-0.4, -0.2) is 11.9 Å². The predicted molar refractivity (Wildman–Crippen MR) is 82.7 cm³/mol. The molecule has 1 atom stereocenters. The molecule has 0 aliphatic heterocycles. The third-order valence-electron chi connectivity index (χ3n) is 3.63. The standard InChI is InChI=1S/C16H20BrNO/c1-16(2)10-9-13(11-16)18-15(19)8-7-12-5-3-4-6-14(12)17/h3-8,13H,9-11H2,1-2H3,(H,18,19)/b8-7+. The molecule has 1 saturated carbocycles. The molecule has 1 aliphatic carbocycles. The lowest BCUT2D eigenvalue weighted by Gasteiger charge is -2.17. The Hall–Kier alpha value is -1.09. The van der Waals surface area contributed by atoms with Gasteiger partial charge in [-0.25, -0.2) is 0 Å². The van der Waals surface area contributed by atoms with E-state index in [-0.39, 0.29) is 5.91 Å². The van der Waals surface area contributed by atoms with Crippen molar-refractivity contribution in [2.75, 3.05) is 0 Å². The molecule has 0 bridgehead atoms. The molecule has 1 aromatic rings. The van der Waals surface area contributed by atoms with Gasteiger partial charge in [0.25, 0.3) is 0 Å². The fourth-order valence-electron chi connectivity index (χ4n) is 2.58. The first-order chi connectivity index (χ1) is 8.96. The maximum absolute atomic E-state index is 11.9. The first-order valence-electron chi connectivity index (χ1n) is 6.69. The van der Waals surface area contributed by atoms with Gasteiger partial charge in [0.1, 0.15) is 0 Å². The van der Waals surface area contributed by atoms with Crippen LogP contribution >= 0.6 is 15.9 Å². The summed E-state index contributed by atoms with van der Waals surface area (Å²) < 4.78 is 1.00. The van der Waals surface area contributed by atoms with E-state index < -0.39 is 0 Å². The van der Waals surface area contributed by atoms with Gasteiger partial charge in [-0.2, -0.15) is 0 Å². The number of hydrogen-bond donors (Lipinski definition) is 1. The van der Waals surface area contributed by atoms with E-state index >= 15 is 0 Å². The van der Waals surface area contributed by atoms with E-state index in [9.17, 15) is 4.79 Å². The third kappa shape index (κ3) is 4.20. The van der Waals surface area contributed by atoms with E-state index in [0.717, 1.165) is 22.9 Å². The number of nitrogens with one attached hydrogen (secondary N) is 1. The molecule has 0 aromatic heterocycles. The Labute approximate surface area is 123 Å². The summed E-state index contributed by atoms with van der Waals surface area (Å²) in [6.45, 7) is 4.52. The zero-order valence-corrected chi connectivity index (χ0v) is 13.0. The van der Waals surface area contributed by atoms with Gasteiger partial charge in [0.15, 0.2) is 0 Å². The molecule has 1 amide bonds. The van der Waals surface area contributed by atoms with E-state index in [1.54, 1.807) is 6.08 Å². The van der Waals surface area contributed by atoms with Gasteiger partial charge in [0, 0.05) is 16.6 Å². The van der Waals surface area contributed by atoms with Crippen LogP contribution in [0, 0.1) is 5.41 Å². The molecule has 1 aromatic carbocycles. The summed E-state index contributed by atoms with van der Waals surface area (Å²) >= 11 is 3.47. The maximum atomic E-state index is 11.9. The maximum Gasteiger partial charge on any atom is 0.244 e. The highest BCUT2D eigenvalue weighted by Crippen LogP contribution is 2.36. The van der Waals surface area contributed by atoms with E-state index in [1.807, 2.05) is 30.3 Å². The molecular weight excluding hydrogens is 302 g/mol. The van der Waals surface area contributed by atoms with Gasteiger partial charge in [-0.3, -0.25) is 4.79 Å². The van der Waals surface area contributed by atoms with Crippen LogP contribution in [0.3, 0.4) is 0 Å². The Morgan fingerprint density at radius 1 is 1.42 bits per heavy atom. The van der Waals surface area contributed by atoms with Crippen molar-refractivity contribution in [3.8, 4) is 0 Å². The molecular formula is C16H20BrNO. The van der Waals surface area contributed by atoms with Crippen molar-refractivity contribution in [1.82, 2.24) is 5.32 Å². The quantitative estimate of drug-likeness (QED) is 0.832. The topological polar surface area (TPSA) is 29.1 Å². The summed E-state index contributed by atoms with van der Waals surface area (Å²) in [5, 5.41) is 3.08. The Morgan fingerprint density at radius 2 is 2.16 bits per heavy atom. The summed E-state index contributed by atoms with van der Waals surface area (Å²) in [5.41, 5.74) is 1.38. The lowest BCUT2D eigenvalue weighted by molar-refractivity contribution is -0.117. The number of hydrogen-bond acceptors (Lipinski definition) is 1. The number of amides is 1. The van der Waals surface area contributed by atoms with Crippen molar-refractivity contribution >= 4 is 27.9 Å². The monoisotopic (exact) mass is 321 g/mol. The third-order valence-corrected chi connectivity index (χ3v) is 4.36. The van der Waals surface area contributed by atoms with Gasteiger partial charge in [0.05, 0.1) is 0 Å². The summed E-state index contributed by atoms with van der Waals surface area (Å²) in [4.78, 5) is 11.9. The predicted octanol–water partition coefficient (Wildman–Crippen LogP) is 4.16. The molecule has 0 spiro atoms. The molecule has 3 heteroatoms. The number of rotatable bonds is 3. The number of benzene rings is 1. The van der Waals surface area contributed by atoms with E-state index in [2.05, 4.69) is 35.1 Å². The second-order valence-corrected chi connectivity index (χ2v) is 6.82. The first kappa shape index (κ1) is 14.3. The van der Waals surface area contributed by atoms with Crippen LogP contribution in [0.4, 0.5) is 0 Å². The van der Waals surface area contributed by atoms with Crippen LogP contribution in [0.1, 0.15) is 38.7 Å². The minimum Gasteiger partial charge on any atom is -0.350 e. The fraction of sp³-hybridized carbons (Fsp3) is 0.438. The fourth-order valence-corrected chi connectivity index (χ4v) is 3.00. The number of carbonyl (C=O) groups is 1. The summed E-state index contributed by atoms with van der Waals surface area (Å²) in [6, 6.07) is 8.19. The minimum absolute atomic E-state index is 0.00143. The first-order valence-corrected chi connectivity index (χ1v) is 7.49. The Balaban J connectivity index is 1.90. The highest BCUT2D eigenvalue weighted by molar-refractivity contribution is 9.10. The van der Waals surface area contributed by atoms with E-state index in [4.69, 9.17) is 0 Å². The van der Waals surface area contributed by atoms with Gasteiger partial charge in [0.2, 0.25) is 5.91 Å². The smallest absolute Gasteiger partial charge is 0.244 e. The van der Waals surface area contributed by atoms with Crippen LogP contribution in [0.25, 0.3) is 6.08 Å². The van der Waals surface area contributed by atoms with Crippen molar-refractivity contribution in [3.05, 3.63) is 40.4 Å². The molecule has 102 valence electrons. The number of halogens is 1. The molecule has 1 N–H and O–H groups in total. The van der Waals surface area contributed by atoms with E-state index in [0.29, 0.717) is 11.5 Å². The SMILES string of the molecule is CC1(C)CCC(NC(=O)/C=C/c2ccccc2Br)C1. The summed E-state index contributed by atoms with van der Waals surface area (Å²) in [5.74, 6) is -0.00143. The van der Waals surface area contributed by atoms with Crippen LogP contribution < -0.4 is 5.32 Å². The average molecular weight is 322 g/mol. The summed E-state index contributed by atoms with van der Waals surface area (Å²) in [6.07, 6.45) is 6.81. The van der Waals surface area contributed by atoms with Gasteiger partial charge >= 0.3 is 0 Å². The van der Waals surface area contributed by atoms with Crippen molar-refractivity contribution in [1.29, 1.82) is 0 Å². The molecule has 1 aliphatic rings. The van der Waals surface area contributed by atoms with E-state index in [1.165, 1.54) is 6.42 Å². The second-order valence-electron chi connectivity index (χ2n) is 5.97. The van der Waals surface area contributed by atoms with Crippen LogP contribution in [0.2, 0.25) is 0 Å². The molecule has 1 fully saturated rings. The molecule has 0 radical (unpaired) electrons. The van der Waals surface area contributed by atoms with Crippen molar-refractivity contribution in [2.45, 2.75) is 39.2 Å². The van der Waals surface area contributed by atoms with Crippen molar-refractivity contribution in [2.24, 2.45) is 5.41 Å². The van der Waals surface area contributed by atoms with Crippen molar-refractivity contribution in [3.63, 3.8) is 0 Å². The zero-order chi connectivity index (χ0) is 13.9. The number of carbonyl (C=O) groups excluding carboxylic acids is 1. The lowest BCUT2D eigenvalue weighted by Crippen LogP contribution is -2.32. The Morgan fingerprint density at radius 3 is 2.79 bits per heavy atom. The molecule has 19 heavy (non-hydrogen) atoms. The second kappa shape index (κ2) is 5.91. The van der Waals surface area contributed by atoms with Gasteiger partial charge in [-0.1, -0.05) is 48.0 Å². The molecule has 2 nitrogen and oxygen atoms in total. The van der Waals surface area contributed by atoms with Crippen LogP contribution in [-0.2, 0) is 4.79 Å². The average Bonchev–Trinajstić information content (AvgIpc) is 2.67. The molecule has 0 saturated heterocycles. The lowest BCUT2D eigenvalue weighted by atomic mass is 9.92. The molecule has 0 heterocycles. The Kier molecular flexibility index (Phi) is 4.46. The normalized spacial score (nSPS) is 21.7. The summed E-state index contributed by atoms with van der Waals surface area (Å²) in [7, 11) is 0. The van der Waals surface area contributed by atoms with Crippen LogP contribution in [0.15, 0.2) is 34.8 Å². The molecule has 1 unspecified atom stereocenters. The highest BCUT2D eigenvalue weighted by atomic mass is 79.9.